The number of nitrogens with two attached hydrogens (primary N) is 1. The lowest BCUT2D eigenvalue weighted by Crippen LogP contribution is -2.21. The Morgan fingerprint density at radius 1 is 1.38 bits per heavy atom. The van der Waals surface area contributed by atoms with Gasteiger partial charge in [0.05, 0.1) is 0 Å². The van der Waals surface area contributed by atoms with Crippen molar-refractivity contribution in [3.8, 4) is 11.5 Å². The maximum absolute atomic E-state index is 13.7. The van der Waals surface area contributed by atoms with Gasteiger partial charge in [-0.1, -0.05) is 0 Å². The molecule has 0 aliphatic carbocycles. The van der Waals surface area contributed by atoms with E-state index >= 15 is 0 Å². The van der Waals surface area contributed by atoms with Gasteiger partial charge in [-0.15, -0.1) is 0 Å². The van der Waals surface area contributed by atoms with Gasteiger partial charge in [-0.3, -0.25) is 4.90 Å². The molecule has 1 aromatic rings. The van der Waals surface area contributed by atoms with Crippen LogP contribution in [0.25, 0.3) is 0 Å². The van der Waals surface area contributed by atoms with Crippen LogP contribution in [0.1, 0.15) is 30.5 Å². The molecule has 0 bridgehead atoms. The predicted molar refractivity (Wildman–Crippen MR) is 74.7 cm³/mol. The van der Waals surface area contributed by atoms with Crippen LogP contribution in [0.2, 0.25) is 0 Å². The van der Waals surface area contributed by atoms with Crippen LogP contribution < -0.4 is 15.2 Å². The first kappa shape index (κ1) is 14.5. The Morgan fingerprint density at radius 2 is 2.14 bits per heavy atom. The van der Waals surface area contributed by atoms with Gasteiger partial charge in [-0.2, -0.15) is 0 Å². The van der Waals surface area contributed by atoms with Crippen molar-refractivity contribution in [2.45, 2.75) is 25.3 Å². The van der Waals surface area contributed by atoms with E-state index in [0.717, 1.165) is 25.5 Å². The number of alkyl halides is 2. The quantitative estimate of drug-likeness (QED) is 0.931. The molecule has 3 rings (SSSR count). The first-order chi connectivity index (χ1) is 9.90. The van der Waals surface area contributed by atoms with E-state index in [2.05, 4.69) is 4.90 Å². The Bertz CT molecular complexity index is 545. The van der Waals surface area contributed by atoms with Crippen LogP contribution in [0, 0.1) is 5.92 Å². The molecule has 21 heavy (non-hydrogen) atoms. The van der Waals surface area contributed by atoms with E-state index in [1.165, 1.54) is 6.07 Å². The number of benzene rings is 1. The Hall–Kier alpha value is -1.40. The molecule has 1 aromatic carbocycles. The molecule has 0 amide bonds. The van der Waals surface area contributed by atoms with Crippen LogP contribution in [-0.4, -0.2) is 31.8 Å². The van der Waals surface area contributed by atoms with Crippen molar-refractivity contribution >= 4 is 0 Å². The summed E-state index contributed by atoms with van der Waals surface area (Å²) in [5, 5.41) is 0. The lowest BCUT2D eigenvalue weighted by atomic mass is 9.95. The van der Waals surface area contributed by atoms with Gasteiger partial charge >= 0.3 is 0 Å². The molecule has 2 unspecified atom stereocenters. The van der Waals surface area contributed by atoms with Crippen molar-refractivity contribution in [3.63, 3.8) is 0 Å². The number of nitrogens with zero attached hydrogens (tertiary/aromatic N) is 1. The number of rotatable bonds is 3. The van der Waals surface area contributed by atoms with Gasteiger partial charge in [0.15, 0.2) is 11.5 Å². The summed E-state index contributed by atoms with van der Waals surface area (Å²) in [4.78, 5) is 2.15. The highest BCUT2D eigenvalue weighted by atomic mass is 19.3. The van der Waals surface area contributed by atoms with Crippen LogP contribution in [0.3, 0.4) is 0 Å². The van der Waals surface area contributed by atoms with E-state index in [0.29, 0.717) is 24.0 Å². The molecule has 2 aliphatic rings. The molecule has 0 radical (unpaired) electrons. The third-order valence-corrected chi connectivity index (χ3v) is 4.34. The largest absolute Gasteiger partial charge is 0.454 e. The highest BCUT2D eigenvalue weighted by Gasteiger charge is 2.36. The van der Waals surface area contributed by atoms with Gasteiger partial charge in [-0.25, -0.2) is 8.78 Å². The van der Waals surface area contributed by atoms with Gasteiger partial charge in [0.2, 0.25) is 6.79 Å². The molecule has 1 saturated heterocycles. The standard InChI is InChI=1S/C15H20F2N2O2/c1-15(16,17)10-4-11(14-13(5-10)20-8-21-14)12-3-9(6-18)7-19(12)2/h4-5,9,12H,3,6-8,18H2,1-2H3. The van der Waals surface area contributed by atoms with Gasteiger partial charge in [0.25, 0.3) is 5.92 Å². The number of hydrogen-bond acceptors (Lipinski definition) is 4. The highest BCUT2D eigenvalue weighted by molar-refractivity contribution is 5.53. The van der Waals surface area contributed by atoms with Crippen LogP contribution >= 0.6 is 0 Å². The summed E-state index contributed by atoms with van der Waals surface area (Å²) in [6, 6.07) is 2.96. The molecule has 116 valence electrons. The maximum atomic E-state index is 13.7. The van der Waals surface area contributed by atoms with Crippen LogP contribution in [0.4, 0.5) is 8.78 Å². The van der Waals surface area contributed by atoms with Crippen molar-refractivity contribution in [1.29, 1.82) is 0 Å². The van der Waals surface area contributed by atoms with Crippen LogP contribution in [0.15, 0.2) is 12.1 Å². The minimum Gasteiger partial charge on any atom is -0.454 e. The number of fused-ring (bicyclic) bond motifs is 1. The summed E-state index contributed by atoms with van der Waals surface area (Å²) in [5.74, 6) is -1.52. The van der Waals surface area contributed by atoms with Gasteiger partial charge in [0.1, 0.15) is 0 Å². The molecule has 2 heterocycles. The molecule has 0 spiro atoms. The Kier molecular flexibility index (Phi) is 3.53. The second-order valence-electron chi connectivity index (χ2n) is 5.98. The van der Waals surface area contributed by atoms with Crippen LogP contribution in [-0.2, 0) is 5.92 Å². The second kappa shape index (κ2) is 5.10. The fourth-order valence-electron chi connectivity index (χ4n) is 3.18. The third kappa shape index (κ3) is 2.58. The number of halogens is 2. The summed E-state index contributed by atoms with van der Waals surface area (Å²) in [6.45, 7) is 2.45. The monoisotopic (exact) mass is 298 g/mol. The molecule has 6 heteroatoms. The third-order valence-electron chi connectivity index (χ3n) is 4.34. The minimum atomic E-state index is -2.90. The zero-order chi connectivity index (χ0) is 15.2. The normalized spacial score (nSPS) is 25.6. The first-order valence-electron chi connectivity index (χ1n) is 7.12. The molecule has 2 N–H and O–H groups in total. The summed E-state index contributed by atoms with van der Waals surface area (Å²) in [7, 11) is 1.99. The Labute approximate surface area is 122 Å². The Balaban J connectivity index is 2.03. The maximum Gasteiger partial charge on any atom is 0.270 e. The smallest absolute Gasteiger partial charge is 0.270 e. The van der Waals surface area contributed by atoms with Gasteiger partial charge < -0.3 is 15.2 Å². The van der Waals surface area contributed by atoms with E-state index in [1.54, 1.807) is 6.07 Å². The fraction of sp³-hybridized carbons (Fsp3) is 0.600. The zero-order valence-corrected chi connectivity index (χ0v) is 12.2. The molecule has 2 aliphatic heterocycles. The van der Waals surface area contributed by atoms with Crippen molar-refractivity contribution in [2.24, 2.45) is 11.7 Å². The van der Waals surface area contributed by atoms with Gasteiger partial charge in [-0.05, 0) is 38.1 Å². The SMILES string of the molecule is CN1CC(CN)CC1c1cc(C(C)(F)F)cc2c1OCO2. The fourth-order valence-corrected chi connectivity index (χ4v) is 3.18. The first-order valence-corrected chi connectivity index (χ1v) is 7.12. The lowest BCUT2D eigenvalue weighted by Gasteiger charge is -2.23. The molecular weight excluding hydrogens is 278 g/mol. The van der Waals surface area contributed by atoms with E-state index in [9.17, 15) is 8.78 Å². The van der Waals surface area contributed by atoms with Gasteiger partial charge in [0, 0.05) is 30.6 Å². The van der Waals surface area contributed by atoms with E-state index < -0.39 is 5.92 Å². The number of likely N-dealkylation sites (tertiary alicyclic amines) is 1. The average Bonchev–Trinajstić information content (AvgIpc) is 3.02. The lowest BCUT2D eigenvalue weighted by molar-refractivity contribution is 0.0171. The summed E-state index contributed by atoms with van der Waals surface area (Å²) >= 11 is 0. The topological polar surface area (TPSA) is 47.7 Å². The molecule has 1 fully saturated rings. The molecule has 4 nitrogen and oxygen atoms in total. The number of hydrogen-bond donors (Lipinski definition) is 1. The molecule has 0 saturated carbocycles. The van der Waals surface area contributed by atoms with Crippen molar-refractivity contribution < 1.29 is 18.3 Å². The minimum absolute atomic E-state index is 0.0358. The second-order valence-corrected chi connectivity index (χ2v) is 5.98. The van der Waals surface area contributed by atoms with Crippen molar-refractivity contribution in [2.75, 3.05) is 26.9 Å². The van der Waals surface area contributed by atoms with Crippen LogP contribution in [0.5, 0.6) is 11.5 Å². The molecule has 2 atom stereocenters. The van der Waals surface area contributed by atoms with E-state index in [-0.39, 0.29) is 18.4 Å². The molecular formula is C15H20F2N2O2. The van der Waals surface area contributed by atoms with E-state index in [4.69, 9.17) is 15.2 Å². The highest BCUT2D eigenvalue weighted by Crippen LogP contribution is 2.47. The Morgan fingerprint density at radius 3 is 2.76 bits per heavy atom. The van der Waals surface area contributed by atoms with E-state index in [1.807, 2.05) is 7.05 Å². The number of ether oxygens (including phenoxy) is 2. The van der Waals surface area contributed by atoms with Crippen molar-refractivity contribution in [3.05, 3.63) is 23.3 Å². The summed E-state index contributed by atoms with van der Waals surface area (Å²) in [6.07, 6.45) is 0.849. The zero-order valence-electron chi connectivity index (χ0n) is 12.2. The summed E-state index contributed by atoms with van der Waals surface area (Å²) < 4.78 is 38.2. The molecule has 0 aromatic heterocycles. The summed E-state index contributed by atoms with van der Waals surface area (Å²) in [5.41, 5.74) is 6.49. The van der Waals surface area contributed by atoms with Crippen molar-refractivity contribution in [1.82, 2.24) is 4.90 Å². The average molecular weight is 298 g/mol. The predicted octanol–water partition coefficient (Wildman–Crippen LogP) is 2.48.